The minimum Gasteiger partial charge on any atom is -0.489 e. The average Bonchev–Trinajstić information content (AvgIpc) is 3.97. The highest BCUT2D eigenvalue weighted by atomic mass is 33.1. The number of aliphatic hydroxyl groups is 2. The molecule has 0 aromatic heterocycles. The number of carbonyl (C=O) groups excluding carboxylic acids is 1. The molecule has 1 saturated heterocycles. The first-order valence-electron chi connectivity index (χ1n) is 28.3. The van der Waals surface area contributed by atoms with E-state index in [4.69, 9.17) is 31.2 Å². The molecule has 17 heteroatoms. The van der Waals surface area contributed by atoms with Gasteiger partial charge < -0.3 is 31.2 Å². The lowest BCUT2D eigenvalue weighted by molar-refractivity contribution is -0.118. The number of hydrogen-bond acceptors (Lipinski definition) is 15. The number of ether oxygens (including phenoxy) is 2. The molecule has 6 N–H and O–H groups in total. The highest BCUT2D eigenvalue weighted by molar-refractivity contribution is 8.77. The Morgan fingerprint density at radius 2 is 1.04 bits per heavy atom. The molecule has 4 aromatic rings. The molecule has 1 amide bonds. The molecule has 1 fully saturated rings. The molecule has 1 heterocycles. The molecule has 1 aliphatic heterocycles. The normalized spacial score (nSPS) is 12.8. The molecule has 5 rings (SSSR count). The number of thiocarbonyl (C=S) groups is 1. The van der Waals surface area contributed by atoms with Crippen LogP contribution < -0.4 is 20.9 Å². The van der Waals surface area contributed by atoms with Crippen LogP contribution in [-0.2, 0) is 30.2 Å². The molecule has 0 spiro atoms. The van der Waals surface area contributed by atoms with Gasteiger partial charge in [0.1, 0.15) is 24.7 Å². The van der Waals surface area contributed by atoms with Crippen LogP contribution in [0.1, 0.15) is 167 Å². The highest BCUT2D eigenvalue weighted by Crippen LogP contribution is 2.40. The van der Waals surface area contributed by atoms with E-state index in [9.17, 15) is 4.79 Å². The maximum absolute atomic E-state index is 10.4. The van der Waals surface area contributed by atoms with Crippen LogP contribution in [0.5, 0.6) is 11.5 Å². The fourth-order valence-corrected chi connectivity index (χ4v) is 10.4. The molecular weight excluding hydrogens is 1190 g/mol. The second-order valence-electron chi connectivity index (χ2n) is 20.3. The number of aryl methyl sites for hydroxylation is 1. The monoisotopic (exact) mass is 1290 g/mol. The van der Waals surface area contributed by atoms with Crippen LogP contribution in [0.25, 0.3) is 0 Å². The van der Waals surface area contributed by atoms with E-state index in [1.807, 2.05) is 82.3 Å². The number of amides is 1. The molecule has 0 radical (unpaired) electrons. The Labute approximate surface area is 540 Å². The molecule has 1 aliphatic rings. The Morgan fingerprint density at radius 1 is 0.637 bits per heavy atom. The van der Waals surface area contributed by atoms with Crippen molar-refractivity contribution in [1.29, 1.82) is 0 Å². The molecule has 80 heavy (non-hydrogen) atoms. The van der Waals surface area contributed by atoms with Crippen molar-refractivity contribution in [2.75, 3.05) is 34.5 Å². The third-order valence-electron chi connectivity index (χ3n) is 10.5. The van der Waals surface area contributed by atoms with Gasteiger partial charge in [-0.1, -0.05) is 231 Å². The number of rotatable bonds is 28. The standard InChI is InChI=1S/C21H20O2S.C12H26S.C8H15NOS2.C8H10S.C4H10O2S2.2C4H10S.C2H5NS/c24-16-19-11-20(22-14-17-7-3-1-4-8-17)13-21(12-19)23-15-18-9-5-2-6-10-18;1-2-3-4-5-6-7-8-9-10-11-12-13;9-8(10)4-2-1-3-7-5-6-11-12-7;9-7-6-8-4-2-1-3-5-8;5-3(1-7)4(6)2-8;1-4(2,3)5;1-4(2)3-5;1-2(3)4/h1-13,24H,14-16H2;13H,2-12H2,1H3;7H,1-6H2,(H2,9,10);1-5,9H,6-7H2;3-8H,1-2H2;5H,1-3H3;4-5H,3H2,1-2H3;1H3,(H2,3,4)/t;;;;3-,4-;;;/m....0.../s1. The van der Waals surface area contributed by atoms with Crippen LogP contribution in [0.15, 0.2) is 109 Å². The maximum atomic E-state index is 10.4. The van der Waals surface area contributed by atoms with Crippen molar-refractivity contribution >= 4 is 133 Å². The Bertz CT molecular complexity index is 1860. The largest absolute Gasteiger partial charge is 0.489 e. The van der Waals surface area contributed by atoms with Crippen molar-refractivity contribution in [2.24, 2.45) is 17.4 Å². The van der Waals surface area contributed by atoms with E-state index in [2.05, 4.69) is 191 Å². The zero-order valence-electron chi connectivity index (χ0n) is 49.5. The average molecular weight is 1290 g/mol. The van der Waals surface area contributed by atoms with Crippen LogP contribution in [-0.4, -0.2) is 77.8 Å². The first-order chi connectivity index (χ1) is 38.2. The SMILES string of the molecule is CC(C)(C)S.CC(C)CS.CC(N)=S.CCCCCCCCCCCCS.NC(=O)CCCCC1CCSS1.O[C@@H](CS)[C@@H](O)CS.SCCc1ccccc1.SCc1cc(OCc2ccccc2)cc(OCc2ccccc2)c1. The van der Waals surface area contributed by atoms with Gasteiger partial charge >= 0.3 is 0 Å². The Morgan fingerprint density at radius 3 is 1.36 bits per heavy atom. The van der Waals surface area contributed by atoms with E-state index in [1.165, 1.54) is 88.4 Å². The van der Waals surface area contributed by atoms with Gasteiger partial charge in [0.2, 0.25) is 5.91 Å². The van der Waals surface area contributed by atoms with Crippen molar-refractivity contribution in [3.05, 3.63) is 131 Å². The van der Waals surface area contributed by atoms with Gasteiger partial charge in [0.15, 0.2) is 0 Å². The van der Waals surface area contributed by atoms with Gasteiger partial charge in [-0.15, -0.1) is 0 Å². The zero-order valence-corrected chi connectivity index (χ0v) is 58.2. The third-order valence-corrected chi connectivity index (χ3v) is 15.9. The van der Waals surface area contributed by atoms with Crippen LogP contribution in [0.3, 0.4) is 0 Å². The molecule has 1 unspecified atom stereocenters. The van der Waals surface area contributed by atoms with Gasteiger partial charge in [-0.05, 0) is 96.6 Å². The summed E-state index contributed by atoms with van der Waals surface area (Å²) in [5.74, 6) is 7.68. The predicted molar refractivity (Wildman–Crippen MR) is 386 cm³/mol. The third kappa shape index (κ3) is 62.9. The zero-order chi connectivity index (χ0) is 60.7. The highest BCUT2D eigenvalue weighted by Gasteiger charge is 2.15. The van der Waals surface area contributed by atoms with Crippen molar-refractivity contribution in [2.45, 2.75) is 192 Å². The van der Waals surface area contributed by atoms with Gasteiger partial charge in [-0.3, -0.25) is 4.79 Å². The molecule has 4 aromatic carbocycles. The smallest absolute Gasteiger partial charge is 0.217 e. The summed E-state index contributed by atoms with van der Waals surface area (Å²) in [5, 5.41) is 18.3. The molecule has 0 aliphatic carbocycles. The van der Waals surface area contributed by atoms with Gasteiger partial charge in [0.05, 0.1) is 17.2 Å². The fourth-order valence-electron chi connectivity index (χ4n) is 6.22. The topological polar surface area (TPSA) is 128 Å². The Hall–Kier alpha value is -1.09. The molecule has 0 saturated carbocycles. The minimum absolute atomic E-state index is 0.163. The van der Waals surface area contributed by atoms with E-state index in [0.717, 1.165) is 75.9 Å². The predicted octanol–water partition coefficient (Wildman–Crippen LogP) is 17.6. The second kappa shape index (κ2) is 59.6. The quantitative estimate of drug-likeness (QED) is 0.0117. The number of primary amides is 1. The van der Waals surface area contributed by atoms with Crippen LogP contribution >= 0.6 is 122 Å². The van der Waals surface area contributed by atoms with Crippen LogP contribution in [0, 0.1) is 5.92 Å². The Balaban J connectivity index is -0.000000916. The fraction of sp³-hybridized carbons (Fsp3) is 0.587. The number of nitrogens with two attached hydrogens (primary N) is 2. The molecular formula is C63H106N2O5S10. The summed E-state index contributed by atoms with van der Waals surface area (Å²) in [6, 6.07) is 36.6. The van der Waals surface area contributed by atoms with Crippen molar-refractivity contribution < 1.29 is 24.5 Å². The van der Waals surface area contributed by atoms with Crippen LogP contribution in [0.4, 0.5) is 0 Å². The van der Waals surface area contributed by atoms with E-state index in [0.29, 0.717) is 30.4 Å². The molecule has 7 nitrogen and oxygen atoms in total. The van der Waals surface area contributed by atoms with E-state index in [1.54, 1.807) is 6.92 Å². The number of unbranched alkanes of at least 4 members (excludes halogenated alkanes) is 10. The number of hydrogen-bond donors (Lipinski definition) is 11. The van der Waals surface area contributed by atoms with Gasteiger partial charge in [-0.25, -0.2) is 0 Å². The van der Waals surface area contributed by atoms with E-state index in [-0.39, 0.29) is 22.2 Å². The summed E-state index contributed by atoms with van der Waals surface area (Å²) in [6.45, 7) is 15.5. The summed E-state index contributed by atoms with van der Waals surface area (Å²) in [5.41, 5.74) is 14.6. The maximum Gasteiger partial charge on any atom is 0.217 e. The summed E-state index contributed by atoms with van der Waals surface area (Å²) >= 11 is 32.7. The lowest BCUT2D eigenvalue weighted by Crippen LogP contribution is -2.28. The van der Waals surface area contributed by atoms with Crippen molar-refractivity contribution in [1.82, 2.24) is 0 Å². The molecule has 0 bridgehead atoms. The Kier molecular flexibility index (Phi) is 62.0. The number of carbonyl (C=O) groups is 1. The molecule has 3 atom stereocenters. The summed E-state index contributed by atoms with van der Waals surface area (Å²) in [6.07, 6.45) is 19.0. The lowest BCUT2D eigenvalue weighted by Gasteiger charge is -2.12. The summed E-state index contributed by atoms with van der Waals surface area (Å²) in [4.78, 5) is 10.9. The minimum atomic E-state index is -0.740. The van der Waals surface area contributed by atoms with Gasteiger partial charge in [0.25, 0.3) is 0 Å². The summed E-state index contributed by atoms with van der Waals surface area (Å²) < 4.78 is 12.0. The second-order valence-corrected chi connectivity index (χ2v) is 27.4. The molecule has 458 valence electrons. The number of aliphatic hydroxyl groups excluding tert-OH is 2. The van der Waals surface area contributed by atoms with Gasteiger partial charge in [0, 0.05) is 45.5 Å². The van der Waals surface area contributed by atoms with E-state index >= 15 is 0 Å². The van der Waals surface area contributed by atoms with Gasteiger partial charge in [-0.2, -0.15) is 88.4 Å². The number of thiol groups is 7. The van der Waals surface area contributed by atoms with Crippen LogP contribution in [0.2, 0.25) is 0 Å². The number of benzene rings is 4. The first kappa shape index (κ1) is 83.1. The van der Waals surface area contributed by atoms with Crippen molar-refractivity contribution in [3.8, 4) is 11.5 Å². The van der Waals surface area contributed by atoms with Crippen molar-refractivity contribution in [3.63, 3.8) is 0 Å². The van der Waals surface area contributed by atoms with E-state index < -0.39 is 12.2 Å². The summed E-state index contributed by atoms with van der Waals surface area (Å²) in [7, 11) is 3.97. The lowest BCUT2D eigenvalue weighted by atomic mass is 10.1. The first-order valence-corrected chi connectivity index (χ1v) is 35.3.